The van der Waals surface area contributed by atoms with Crippen molar-refractivity contribution in [3.63, 3.8) is 0 Å². The van der Waals surface area contributed by atoms with Gasteiger partial charge in [0.25, 0.3) is 0 Å². The Labute approximate surface area is 89.3 Å². The van der Waals surface area contributed by atoms with Gasteiger partial charge in [0.05, 0.1) is 0 Å². The molecule has 78 valence electrons. The molecular formula is C13H15NO. The van der Waals surface area contributed by atoms with E-state index in [1.165, 1.54) is 16.6 Å². The maximum absolute atomic E-state index is 10.7. The maximum Gasteiger partial charge on any atom is 0.123 e. The van der Waals surface area contributed by atoms with E-state index >= 15 is 0 Å². The predicted octanol–water partition coefficient (Wildman–Crippen LogP) is 2.85. The molecule has 0 aliphatic carbocycles. The van der Waals surface area contributed by atoms with Crippen LogP contribution in [0.1, 0.15) is 18.2 Å². The van der Waals surface area contributed by atoms with E-state index in [1.807, 2.05) is 19.1 Å². The lowest BCUT2D eigenvalue weighted by Gasteiger charge is -2.03. The van der Waals surface area contributed by atoms with Gasteiger partial charge in [0.15, 0.2) is 0 Å². The molecular weight excluding hydrogens is 186 g/mol. The molecule has 0 fully saturated rings. The summed E-state index contributed by atoms with van der Waals surface area (Å²) in [6, 6.07) is 8.22. The monoisotopic (exact) mass is 201 g/mol. The topological polar surface area (TPSA) is 32.9 Å². The number of carbonyl (C=O) groups is 1. The van der Waals surface area contributed by atoms with Crippen molar-refractivity contribution in [1.82, 2.24) is 4.98 Å². The van der Waals surface area contributed by atoms with Gasteiger partial charge >= 0.3 is 0 Å². The molecule has 1 aromatic heterocycles. The number of hydrogen-bond acceptors (Lipinski definition) is 1. The van der Waals surface area contributed by atoms with Crippen LogP contribution < -0.4 is 0 Å². The zero-order chi connectivity index (χ0) is 10.8. The maximum atomic E-state index is 10.7. The standard InChI is InChI=1S/C13H15NO/c1-9(8-15)7-12-10(2)14-13-6-4-3-5-11(12)13/h3-6,8-9,14H,7H2,1-2H3/t9-/m0/s1. The Balaban J connectivity index is 2.49. The van der Waals surface area contributed by atoms with Crippen LogP contribution in [0.15, 0.2) is 24.3 Å². The zero-order valence-electron chi connectivity index (χ0n) is 9.08. The Morgan fingerprint density at radius 3 is 2.87 bits per heavy atom. The van der Waals surface area contributed by atoms with Crippen molar-refractivity contribution in [1.29, 1.82) is 0 Å². The summed E-state index contributed by atoms with van der Waals surface area (Å²) in [5.74, 6) is 0.0860. The van der Waals surface area contributed by atoms with Crippen LogP contribution in [-0.2, 0) is 11.2 Å². The number of para-hydroxylation sites is 1. The SMILES string of the molecule is Cc1[nH]c2ccccc2c1C[C@H](C)C=O. The number of aromatic nitrogens is 1. The molecule has 0 spiro atoms. The van der Waals surface area contributed by atoms with Gasteiger partial charge in [-0.25, -0.2) is 0 Å². The van der Waals surface area contributed by atoms with Crippen LogP contribution in [0.25, 0.3) is 10.9 Å². The molecule has 2 nitrogen and oxygen atoms in total. The van der Waals surface area contributed by atoms with Gasteiger partial charge in [-0.15, -0.1) is 0 Å². The predicted molar refractivity (Wildman–Crippen MR) is 62.0 cm³/mol. The van der Waals surface area contributed by atoms with E-state index in [0.717, 1.165) is 18.2 Å². The van der Waals surface area contributed by atoms with E-state index in [-0.39, 0.29) is 5.92 Å². The Hall–Kier alpha value is -1.57. The molecule has 2 heteroatoms. The Bertz CT molecular complexity index is 484. The van der Waals surface area contributed by atoms with E-state index in [1.54, 1.807) is 0 Å². The first-order valence-electron chi connectivity index (χ1n) is 5.24. The number of aldehydes is 1. The fourth-order valence-corrected chi connectivity index (χ4v) is 1.97. The van der Waals surface area contributed by atoms with E-state index in [0.29, 0.717) is 0 Å². The summed E-state index contributed by atoms with van der Waals surface area (Å²) in [5.41, 5.74) is 3.60. The van der Waals surface area contributed by atoms with Gasteiger partial charge in [0, 0.05) is 22.5 Å². The summed E-state index contributed by atoms with van der Waals surface area (Å²) in [7, 11) is 0. The van der Waals surface area contributed by atoms with Crippen LogP contribution in [0.3, 0.4) is 0 Å². The number of rotatable bonds is 3. The van der Waals surface area contributed by atoms with Gasteiger partial charge in [-0.05, 0) is 25.0 Å². The number of nitrogens with one attached hydrogen (secondary N) is 1. The number of H-pyrrole nitrogens is 1. The summed E-state index contributed by atoms with van der Waals surface area (Å²) in [5, 5.41) is 1.24. The average Bonchev–Trinajstić information content (AvgIpc) is 2.55. The summed E-state index contributed by atoms with van der Waals surface area (Å²) in [6.45, 7) is 4.01. The molecule has 2 rings (SSSR count). The lowest BCUT2D eigenvalue weighted by Crippen LogP contribution is -2.01. The van der Waals surface area contributed by atoms with Crippen LogP contribution in [0.2, 0.25) is 0 Å². The van der Waals surface area contributed by atoms with Crippen LogP contribution in [0.5, 0.6) is 0 Å². The number of aromatic amines is 1. The molecule has 0 aliphatic heterocycles. The normalized spacial score (nSPS) is 12.9. The highest BCUT2D eigenvalue weighted by Crippen LogP contribution is 2.23. The third-order valence-corrected chi connectivity index (χ3v) is 2.79. The van der Waals surface area contributed by atoms with E-state index in [2.05, 4.69) is 24.0 Å². The lowest BCUT2D eigenvalue weighted by atomic mass is 10.00. The van der Waals surface area contributed by atoms with E-state index in [4.69, 9.17) is 0 Å². The van der Waals surface area contributed by atoms with Crippen LogP contribution in [0.4, 0.5) is 0 Å². The molecule has 1 heterocycles. The number of carbonyl (C=O) groups excluding carboxylic acids is 1. The summed E-state index contributed by atoms with van der Waals surface area (Å²) >= 11 is 0. The van der Waals surface area contributed by atoms with Crippen molar-refractivity contribution in [2.24, 2.45) is 5.92 Å². The minimum absolute atomic E-state index is 0.0860. The third-order valence-electron chi connectivity index (χ3n) is 2.79. The molecule has 1 atom stereocenters. The highest BCUT2D eigenvalue weighted by molar-refractivity contribution is 5.84. The molecule has 0 saturated carbocycles. The lowest BCUT2D eigenvalue weighted by molar-refractivity contribution is -0.110. The first-order chi connectivity index (χ1) is 7.22. The molecule has 0 saturated heterocycles. The van der Waals surface area contributed by atoms with Gasteiger partial charge in [0.2, 0.25) is 0 Å². The average molecular weight is 201 g/mol. The Morgan fingerprint density at radius 1 is 1.40 bits per heavy atom. The second-order valence-electron chi connectivity index (χ2n) is 4.09. The molecule has 15 heavy (non-hydrogen) atoms. The molecule has 0 amide bonds. The number of fused-ring (bicyclic) bond motifs is 1. The summed E-state index contributed by atoms with van der Waals surface area (Å²) in [6.07, 6.45) is 1.83. The Morgan fingerprint density at radius 2 is 2.13 bits per heavy atom. The van der Waals surface area contributed by atoms with Crippen molar-refractivity contribution in [3.05, 3.63) is 35.5 Å². The minimum Gasteiger partial charge on any atom is -0.358 e. The quantitative estimate of drug-likeness (QED) is 0.761. The molecule has 2 aromatic rings. The van der Waals surface area contributed by atoms with Crippen molar-refractivity contribution < 1.29 is 4.79 Å². The van der Waals surface area contributed by atoms with E-state index in [9.17, 15) is 4.79 Å². The Kier molecular flexibility index (Phi) is 2.58. The summed E-state index contributed by atoms with van der Waals surface area (Å²) < 4.78 is 0. The molecule has 1 N–H and O–H groups in total. The first kappa shape index (κ1) is 9.97. The number of hydrogen-bond donors (Lipinski definition) is 1. The van der Waals surface area contributed by atoms with E-state index < -0.39 is 0 Å². The molecule has 0 radical (unpaired) electrons. The smallest absolute Gasteiger partial charge is 0.123 e. The number of aryl methyl sites for hydroxylation is 1. The molecule has 1 aromatic carbocycles. The van der Waals surface area contributed by atoms with Crippen molar-refractivity contribution >= 4 is 17.2 Å². The first-order valence-corrected chi connectivity index (χ1v) is 5.24. The van der Waals surface area contributed by atoms with Gasteiger partial charge in [0.1, 0.15) is 6.29 Å². The highest BCUT2D eigenvalue weighted by atomic mass is 16.1. The molecule has 0 aliphatic rings. The van der Waals surface area contributed by atoms with Gasteiger partial charge in [-0.3, -0.25) is 0 Å². The van der Waals surface area contributed by atoms with Gasteiger partial charge in [-0.1, -0.05) is 25.1 Å². The fraction of sp³-hybridized carbons (Fsp3) is 0.308. The van der Waals surface area contributed by atoms with Gasteiger partial charge < -0.3 is 9.78 Å². The second-order valence-corrected chi connectivity index (χ2v) is 4.09. The fourth-order valence-electron chi connectivity index (χ4n) is 1.97. The third kappa shape index (κ3) is 1.80. The zero-order valence-corrected chi connectivity index (χ0v) is 9.08. The van der Waals surface area contributed by atoms with Crippen LogP contribution >= 0.6 is 0 Å². The largest absolute Gasteiger partial charge is 0.358 e. The van der Waals surface area contributed by atoms with Crippen LogP contribution in [0, 0.1) is 12.8 Å². The highest BCUT2D eigenvalue weighted by Gasteiger charge is 2.10. The van der Waals surface area contributed by atoms with Crippen molar-refractivity contribution in [2.45, 2.75) is 20.3 Å². The minimum atomic E-state index is 0.0860. The van der Waals surface area contributed by atoms with Crippen molar-refractivity contribution in [2.75, 3.05) is 0 Å². The second kappa shape index (κ2) is 3.89. The molecule has 0 unspecified atom stereocenters. The molecule has 0 bridgehead atoms. The van der Waals surface area contributed by atoms with Crippen LogP contribution in [-0.4, -0.2) is 11.3 Å². The number of benzene rings is 1. The van der Waals surface area contributed by atoms with Gasteiger partial charge in [-0.2, -0.15) is 0 Å². The van der Waals surface area contributed by atoms with Crippen molar-refractivity contribution in [3.8, 4) is 0 Å². The summed E-state index contributed by atoms with van der Waals surface area (Å²) in [4.78, 5) is 14.0.